The van der Waals surface area contributed by atoms with Crippen molar-refractivity contribution in [2.75, 3.05) is 11.9 Å². The van der Waals surface area contributed by atoms with Gasteiger partial charge in [0.2, 0.25) is 5.91 Å². The lowest BCUT2D eigenvalue weighted by atomic mass is 10.0. The van der Waals surface area contributed by atoms with Crippen molar-refractivity contribution < 1.29 is 14.3 Å². The second-order valence-electron chi connectivity index (χ2n) is 6.95. The molecule has 158 valence electrons. The van der Waals surface area contributed by atoms with E-state index in [2.05, 4.69) is 12.2 Å². The Morgan fingerprint density at radius 2 is 1.74 bits per heavy atom. The maximum absolute atomic E-state index is 12.9. The standard InChI is InChI=1S/C26H24ClNO3/c1-2-3-17-31-24-12-8-7-9-19(24)13-16-25(29)28-23-15-14-21(27)18-22(23)26(30)20-10-5-4-6-11-20/h4-16,18H,2-3,17H2,1H3,(H,28,29). The van der Waals surface area contributed by atoms with Gasteiger partial charge in [-0.05, 0) is 36.8 Å². The molecule has 0 aromatic heterocycles. The van der Waals surface area contributed by atoms with Gasteiger partial charge in [0, 0.05) is 27.8 Å². The van der Waals surface area contributed by atoms with Crippen LogP contribution in [0.4, 0.5) is 5.69 Å². The van der Waals surface area contributed by atoms with Crippen molar-refractivity contribution in [1.82, 2.24) is 0 Å². The number of para-hydroxylation sites is 1. The lowest BCUT2D eigenvalue weighted by Crippen LogP contribution is -2.13. The zero-order chi connectivity index (χ0) is 22.1. The van der Waals surface area contributed by atoms with E-state index in [4.69, 9.17) is 16.3 Å². The van der Waals surface area contributed by atoms with Gasteiger partial charge in [-0.3, -0.25) is 9.59 Å². The molecule has 0 aliphatic heterocycles. The maximum atomic E-state index is 12.9. The summed E-state index contributed by atoms with van der Waals surface area (Å²) in [6.07, 6.45) is 5.14. The molecule has 0 saturated heterocycles. The molecule has 0 fully saturated rings. The summed E-state index contributed by atoms with van der Waals surface area (Å²) >= 11 is 6.10. The second-order valence-corrected chi connectivity index (χ2v) is 7.38. The van der Waals surface area contributed by atoms with Crippen molar-refractivity contribution in [2.24, 2.45) is 0 Å². The average molecular weight is 434 g/mol. The predicted molar refractivity (Wildman–Crippen MR) is 126 cm³/mol. The van der Waals surface area contributed by atoms with Crippen LogP contribution in [-0.4, -0.2) is 18.3 Å². The first kappa shape index (κ1) is 22.3. The summed E-state index contributed by atoms with van der Waals surface area (Å²) in [7, 11) is 0. The van der Waals surface area contributed by atoms with Crippen LogP contribution in [0.3, 0.4) is 0 Å². The fraction of sp³-hybridized carbons (Fsp3) is 0.154. The highest BCUT2D eigenvalue weighted by Gasteiger charge is 2.15. The molecule has 0 aliphatic rings. The molecule has 1 N–H and O–H groups in total. The lowest BCUT2D eigenvalue weighted by Gasteiger charge is -2.10. The first-order chi connectivity index (χ1) is 15.1. The molecule has 0 aliphatic carbocycles. The summed E-state index contributed by atoms with van der Waals surface area (Å²) in [4.78, 5) is 25.5. The van der Waals surface area contributed by atoms with E-state index < -0.39 is 0 Å². The van der Waals surface area contributed by atoms with Crippen molar-refractivity contribution in [2.45, 2.75) is 19.8 Å². The topological polar surface area (TPSA) is 55.4 Å². The van der Waals surface area contributed by atoms with Gasteiger partial charge >= 0.3 is 0 Å². The second kappa shape index (κ2) is 11.1. The Hall–Kier alpha value is -3.37. The SMILES string of the molecule is CCCCOc1ccccc1C=CC(=O)Nc1ccc(Cl)cc1C(=O)c1ccccc1. The van der Waals surface area contributed by atoms with E-state index >= 15 is 0 Å². The van der Waals surface area contributed by atoms with E-state index in [0.717, 1.165) is 24.2 Å². The summed E-state index contributed by atoms with van der Waals surface area (Å²) in [5, 5.41) is 3.21. The molecule has 0 saturated carbocycles. The van der Waals surface area contributed by atoms with Crippen LogP contribution >= 0.6 is 11.6 Å². The molecule has 3 rings (SSSR count). The summed E-state index contributed by atoms with van der Waals surface area (Å²) in [5.41, 5.74) is 2.07. The number of halogens is 1. The number of benzene rings is 3. The van der Waals surface area contributed by atoms with Gasteiger partial charge in [0.25, 0.3) is 0 Å². The van der Waals surface area contributed by atoms with Crippen molar-refractivity contribution in [3.63, 3.8) is 0 Å². The Morgan fingerprint density at radius 3 is 2.52 bits per heavy atom. The van der Waals surface area contributed by atoms with Gasteiger partial charge in [-0.2, -0.15) is 0 Å². The number of rotatable bonds is 9. The molecular weight excluding hydrogens is 410 g/mol. The van der Waals surface area contributed by atoms with Crippen LogP contribution in [0.5, 0.6) is 5.75 Å². The number of hydrogen-bond donors (Lipinski definition) is 1. The lowest BCUT2D eigenvalue weighted by molar-refractivity contribution is -0.111. The largest absolute Gasteiger partial charge is 0.493 e. The highest BCUT2D eigenvalue weighted by Crippen LogP contribution is 2.24. The molecule has 4 nitrogen and oxygen atoms in total. The fourth-order valence-electron chi connectivity index (χ4n) is 2.97. The van der Waals surface area contributed by atoms with Gasteiger partial charge in [0.15, 0.2) is 5.78 Å². The summed E-state index contributed by atoms with van der Waals surface area (Å²) in [6, 6.07) is 21.3. The molecule has 0 radical (unpaired) electrons. The number of ketones is 1. The van der Waals surface area contributed by atoms with Gasteiger partial charge in [0.1, 0.15) is 5.75 Å². The van der Waals surface area contributed by atoms with Gasteiger partial charge in [-0.15, -0.1) is 0 Å². The highest BCUT2D eigenvalue weighted by molar-refractivity contribution is 6.31. The minimum absolute atomic E-state index is 0.211. The van der Waals surface area contributed by atoms with E-state index in [1.807, 2.05) is 30.3 Å². The van der Waals surface area contributed by atoms with E-state index in [9.17, 15) is 9.59 Å². The third-order valence-corrected chi connectivity index (χ3v) is 4.84. The predicted octanol–water partition coefficient (Wildman–Crippen LogP) is 6.40. The number of anilines is 1. The Morgan fingerprint density at radius 1 is 1.00 bits per heavy atom. The van der Waals surface area contributed by atoms with Gasteiger partial charge in [0.05, 0.1) is 12.3 Å². The van der Waals surface area contributed by atoms with Crippen molar-refractivity contribution in [3.8, 4) is 5.75 Å². The monoisotopic (exact) mass is 433 g/mol. The Kier molecular flexibility index (Phi) is 8.02. The molecule has 3 aromatic rings. The number of ether oxygens (including phenoxy) is 1. The summed E-state index contributed by atoms with van der Waals surface area (Å²) < 4.78 is 5.80. The minimum Gasteiger partial charge on any atom is -0.493 e. The number of amides is 1. The van der Waals surface area contributed by atoms with Crippen molar-refractivity contribution in [1.29, 1.82) is 0 Å². The van der Waals surface area contributed by atoms with Crippen LogP contribution in [0.15, 0.2) is 78.9 Å². The molecular formula is C26H24ClNO3. The first-order valence-corrected chi connectivity index (χ1v) is 10.6. The molecule has 5 heteroatoms. The normalized spacial score (nSPS) is 10.8. The third kappa shape index (κ3) is 6.30. The number of nitrogens with one attached hydrogen (secondary N) is 1. The third-order valence-electron chi connectivity index (χ3n) is 4.61. The highest BCUT2D eigenvalue weighted by atomic mass is 35.5. The number of carbonyl (C=O) groups excluding carboxylic acids is 2. The number of carbonyl (C=O) groups is 2. The Bertz CT molecular complexity index is 1080. The van der Waals surface area contributed by atoms with E-state index in [-0.39, 0.29) is 11.7 Å². The molecule has 3 aromatic carbocycles. The van der Waals surface area contributed by atoms with Crippen molar-refractivity contribution >= 4 is 35.1 Å². The smallest absolute Gasteiger partial charge is 0.248 e. The molecule has 31 heavy (non-hydrogen) atoms. The quantitative estimate of drug-likeness (QED) is 0.241. The number of unbranched alkanes of at least 4 members (excludes halogenated alkanes) is 1. The van der Waals surface area contributed by atoms with Crippen LogP contribution in [0.2, 0.25) is 5.02 Å². The van der Waals surface area contributed by atoms with Crippen LogP contribution in [0.25, 0.3) is 6.08 Å². The van der Waals surface area contributed by atoms with Crippen LogP contribution in [0, 0.1) is 0 Å². The number of hydrogen-bond acceptors (Lipinski definition) is 3. The Labute approximate surface area is 187 Å². The summed E-state index contributed by atoms with van der Waals surface area (Å²) in [5.74, 6) is 0.163. The van der Waals surface area contributed by atoms with Crippen molar-refractivity contribution in [3.05, 3.63) is 101 Å². The minimum atomic E-state index is -0.354. The van der Waals surface area contributed by atoms with Gasteiger partial charge in [-0.25, -0.2) is 0 Å². The fourth-order valence-corrected chi connectivity index (χ4v) is 3.15. The molecule has 0 unspecified atom stereocenters. The van der Waals surface area contributed by atoms with Crippen LogP contribution < -0.4 is 10.1 Å². The molecule has 1 amide bonds. The zero-order valence-electron chi connectivity index (χ0n) is 17.3. The molecule has 0 bridgehead atoms. The average Bonchev–Trinajstić information content (AvgIpc) is 2.80. The van der Waals surface area contributed by atoms with E-state index in [1.54, 1.807) is 48.5 Å². The van der Waals surface area contributed by atoms with Crippen LogP contribution in [0.1, 0.15) is 41.3 Å². The first-order valence-electron chi connectivity index (χ1n) is 10.2. The zero-order valence-corrected chi connectivity index (χ0v) is 18.1. The molecule has 0 spiro atoms. The molecule has 0 atom stereocenters. The Balaban J connectivity index is 1.77. The van der Waals surface area contributed by atoms with Crippen LogP contribution in [-0.2, 0) is 4.79 Å². The maximum Gasteiger partial charge on any atom is 0.248 e. The van der Waals surface area contributed by atoms with Gasteiger partial charge < -0.3 is 10.1 Å². The molecule has 0 heterocycles. The summed E-state index contributed by atoms with van der Waals surface area (Å²) in [6.45, 7) is 2.73. The van der Waals surface area contributed by atoms with E-state index in [0.29, 0.717) is 28.4 Å². The van der Waals surface area contributed by atoms with E-state index in [1.165, 1.54) is 6.08 Å². The van der Waals surface area contributed by atoms with Gasteiger partial charge in [-0.1, -0.05) is 73.5 Å².